The van der Waals surface area contributed by atoms with Crippen LogP contribution in [0.5, 0.6) is 5.75 Å². The molecule has 0 aromatic heterocycles. The van der Waals surface area contributed by atoms with Crippen molar-refractivity contribution in [3.63, 3.8) is 0 Å². The largest absolute Gasteiger partial charge is 0.507 e. The number of carbonyl (C=O) groups is 1. The number of ketones is 1. The van der Waals surface area contributed by atoms with Gasteiger partial charge in [-0.05, 0) is 83.5 Å². The molecule has 0 unspecified atom stereocenters. The van der Waals surface area contributed by atoms with Crippen LogP contribution in [0.2, 0.25) is 0 Å². The summed E-state index contributed by atoms with van der Waals surface area (Å²) in [5, 5.41) is 9.72. The van der Waals surface area contributed by atoms with Crippen molar-refractivity contribution in [3.05, 3.63) is 68.3 Å². The lowest BCUT2D eigenvalue weighted by Crippen LogP contribution is -1.93. The minimum Gasteiger partial charge on any atom is -0.507 e. The first-order valence-electron chi connectivity index (χ1n) is 6.25. The number of benzene rings is 2. The molecule has 2 aromatic rings. The molecule has 0 radical (unpaired) electrons. The number of rotatable bonds is 3. The molecule has 102 valence electrons. The molecule has 0 fully saturated rings. The zero-order valence-electron chi connectivity index (χ0n) is 11.4. The van der Waals surface area contributed by atoms with E-state index in [1.165, 1.54) is 0 Å². The van der Waals surface area contributed by atoms with Crippen LogP contribution in [0.3, 0.4) is 0 Å². The number of carbonyl (C=O) groups excluding carboxylic acids is 1. The van der Waals surface area contributed by atoms with Crippen LogP contribution in [-0.2, 0) is 0 Å². The van der Waals surface area contributed by atoms with Crippen molar-refractivity contribution in [1.29, 1.82) is 0 Å². The molecule has 0 bridgehead atoms. The van der Waals surface area contributed by atoms with E-state index in [1.807, 2.05) is 50.2 Å². The van der Waals surface area contributed by atoms with E-state index in [1.54, 1.807) is 12.2 Å². The average molecular weight is 378 g/mol. The van der Waals surface area contributed by atoms with Gasteiger partial charge in [-0.25, -0.2) is 0 Å². The number of aryl methyl sites for hydroxylation is 2. The number of allylic oxidation sites excluding steroid dienone is 1. The van der Waals surface area contributed by atoms with Gasteiger partial charge < -0.3 is 5.11 Å². The van der Waals surface area contributed by atoms with Crippen LogP contribution in [-0.4, -0.2) is 10.9 Å². The fourth-order valence-corrected chi connectivity index (χ4v) is 2.33. The minimum absolute atomic E-state index is 0.0234. The Labute approximate surface area is 132 Å². The zero-order valence-corrected chi connectivity index (χ0v) is 13.5. The number of phenolic OH excluding ortho intramolecular Hbond substituents is 1. The van der Waals surface area contributed by atoms with Crippen LogP contribution in [0.1, 0.15) is 27.0 Å². The maximum Gasteiger partial charge on any atom is 0.185 e. The standard InChI is InChI=1S/C17H15IO2/c1-11-9-13(10-12(2)17(11)20)3-8-16(19)14-4-6-15(18)7-5-14/h3-10,20H,1-2H3. The zero-order chi connectivity index (χ0) is 14.7. The predicted molar refractivity (Wildman–Crippen MR) is 90.1 cm³/mol. The van der Waals surface area contributed by atoms with E-state index < -0.39 is 0 Å². The second-order valence-corrected chi connectivity index (χ2v) is 5.95. The van der Waals surface area contributed by atoms with Gasteiger partial charge >= 0.3 is 0 Å². The van der Waals surface area contributed by atoms with E-state index in [-0.39, 0.29) is 5.78 Å². The lowest BCUT2D eigenvalue weighted by atomic mass is 10.0. The lowest BCUT2D eigenvalue weighted by Gasteiger charge is -2.04. The van der Waals surface area contributed by atoms with Gasteiger partial charge in [-0.1, -0.05) is 18.2 Å². The van der Waals surface area contributed by atoms with Gasteiger partial charge in [-0.3, -0.25) is 4.79 Å². The fraction of sp³-hybridized carbons (Fsp3) is 0.118. The Morgan fingerprint density at radius 3 is 2.20 bits per heavy atom. The highest BCUT2D eigenvalue weighted by Gasteiger charge is 2.03. The first kappa shape index (κ1) is 14.8. The second kappa shape index (κ2) is 6.22. The maximum absolute atomic E-state index is 12.0. The highest BCUT2D eigenvalue weighted by Crippen LogP contribution is 2.23. The molecule has 0 spiro atoms. The summed E-state index contributed by atoms with van der Waals surface area (Å²) in [5.74, 6) is 0.288. The second-order valence-electron chi connectivity index (χ2n) is 4.71. The maximum atomic E-state index is 12.0. The van der Waals surface area contributed by atoms with E-state index in [4.69, 9.17) is 0 Å². The molecule has 0 amide bonds. The predicted octanol–water partition coefficient (Wildman–Crippen LogP) is 4.51. The fourth-order valence-electron chi connectivity index (χ4n) is 1.97. The molecule has 0 heterocycles. The number of hydrogen-bond donors (Lipinski definition) is 1. The van der Waals surface area contributed by atoms with Gasteiger partial charge in [0.1, 0.15) is 5.75 Å². The number of halogens is 1. The van der Waals surface area contributed by atoms with Crippen molar-refractivity contribution in [2.75, 3.05) is 0 Å². The van der Waals surface area contributed by atoms with Gasteiger partial charge in [-0.2, -0.15) is 0 Å². The number of hydrogen-bond acceptors (Lipinski definition) is 2. The van der Waals surface area contributed by atoms with E-state index in [0.29, 0.717) is 11.3 Å². The first-order chi connectivity index (χ1) is 9.47. The van der Waals surface area contributed by atoms with E-state index in [0.717, 1.165) is 20.3 Å². The normalized spacial score (nSPS) is 10.9. The molecule has 2 rings (SSSR count). The van der Waals surface area contributed by atoms with Crippen LogP contribution in [0.25, 0.3) is 6.08 Å². The van der Waals surface area contributed by atoms with Crippen LogP contribution >= 0.6 is 22.6 Å². The molecule has 0 atom stereocenters. The van der Waals surface area contributed by atoms with Crippen molar-refractivity contribution in [2.45, 2.75) is 13.8 Å². The molecule has 0 saturated heterocycles. The molecule has 2 aromatic carbocycles. The van der Waals surface area contributed by atoms with Crippen LogP contribution in [0.15, 0.2) is 42.5 Å². The van der Waals surface area contributed by atoms with Crippen molar-refractivity contribution >= 4 is 34.5 Å². The van der Waals surface area contributed by atoms with Crippen molar-refractivity contribution in [3.8, 4) is 5.75 Å². The third-order valence-corrected chi connectivity index (χ3v) is 3.79. The molecule has 1 N–H and O–H groups in total. The third kappa shape index (κ3) is 3.48. The summed E-state index contributed by atoms with van der Waals surface area (Å²) in [7, 11) is 0. The molecular weight excluding hydrogens is 363 g/mol. The summed E-state index contributed by atoms with van der Waals surface area (Å²) in [6, 6.07) is 11.2. The lowest BCUT2D eigenvalue weighted by molar-refractivity contribution is 0.104. The minimum atomic E-state index is -0.0234. The molecule has 3 heteroatoms. The number of phenols is 1. The highest BCUT2D eigenvalue weighted by atomic mass is 127. The van der Waals surface area contributed by atoms with Crippen LogP contribution in [0.4, 0.5) is 0 Å². The monoisotopic (exact) mass is 378 g/mol. The topological polar surface area (TPSA) is 37.3 Å². The van der Waals surface area contributed by atoms with Gasteiger partial charge in [-0.15, -0.1) is 0 Å². The van der Waals surface area contributed by atoms with E-state index in [9.17, 15) is 9.90 Å². The Kier molecular flexibility index (Phi) is 4.60. The van der Waals surface area contributed by atoms with Crippen LogP contribution < -0.4 is 0 Å². The third-order valence-electron chi connectivity index (χ3n) is 3.07. The Hall–Kier alpha value is -1.62. The summed E-state index contributed by atoms with van der Waals surface area (Å²) in [5.41, 5.74) is 3.21. The van der Waals surface area contributed by atoms with Gasteiger partial charge in [0.25, 0.3) is 0 Å². The Morgan fingerprint density at radius 2 is 1.65 bits per heavy atom. The van der Waals surface area contributed by atoms with Crippen LogP contribution in [0, 0.1) is 17.4 Å². The molecule has 2 nitrogen and oxygen atoms in total. The molecule has 0 aliphatic heterocycles. The van der Waals surface area contributed by atoms with Crippen molar-refractivity contribution < 1.29 is 9.90 Å². The SMILES string of the molecule is Cc1cc(C=CC(=O)c2ccc(I)cc2)cc(C)c1O. The van der Waals surface area contributed by atoms with Gasteiger partial charge in [0, 0.05) is 9.13 Å². The quantitative estimate of drug-likeness (QED) is 0.485. The summed E-state index contributed by atoms with van der Waals surface area (Å²) in [6.07, 6.45) is 3.34. The molecule has 20 heavy (non-hydrogen) atoms. The first-order valence-corrected chi connectivity index (χ1v) is 7.33. The molecule has 0 saturated carbocycles. The summed E-state index contributed by atoms with van der Waals surface area (Å²) in [4.78, 5) is 12.0. The van der Waals surface area contributed by atoms with Gasteiger partial charge in [0.15, 0.2) is 5.78 Å². The Morgan fingerprint density at radius 1 is 1.10 bits per heavy atom. The smallest absolute Gasteiger partial charge is 0.185 e. The average Bonchev–Trinajstić information content (AvgIpc) is 2.42. The van der Waals surface area contributed by atoms with Crippen molar-refractivity contribution in [1.82, 2.24) is 0 Å². The Balaban J connectivity index is 2.21. The van der Waals surface area contributed by atoms with Gasteiger partial charge in [0.2, 0.25) is 0 Å². The number of aromatic hydroxyl groups is 1. The Bertz CT molecular complexity index is 647. The van der Waals surface area contributed by atoms with Crippen molar-refractivity contribution in [2.24, 2.45) is 0 Å². The summed E-state index contributed by atoms with van der Waals surface area (Å²) in [6.45, 7) is 3.70. The molecular formula is C17H15IO2. The molecule has 0 aliphatic carbocycles. The molecule has 0 aliphatic rings. The van der Waals surface area contributed by atoms with E-state index in [2.05, 4.69) is 22.6 Å². The summed E-state index contributed by atoms with van der Waals surface area (Å²) < 4.78 is 1.10. The summed E-state index contributed by atoms with van der Waals surface area (Å²) >= 11 is 2.21. The highest BCUT2D eigenvalue weighted by molar-refractivity contribution is 14.1. The van der Waals surface area contributed by atoms with E-state index >= 15 is 0 Å². The van der Waals surface area contributed by atoms with Gasteiger partial charge in [0.05, 0.1) is 0 Å².